The number of halogens is 2. The van der Waals surface area contributed by atoms with Crippen molar-refractivity contribution in [3.05, 3.63) is 57.6 Å². The first-order valence-corrected chi connectivity index (χ1v) is 11.5. The number of aryl methyl sites for hydroxylation is 1. The number of ether oxygens (including phenoxy) is 1. The van der Waals surface area contributed by atoms with Crippen molar-refractivity contribution >= 4 is 44.8 Å². The maximum atomic E-state index is 12.7. The number of carbonyl (C=O) groups excluding carboxylic acids is 1. The van der Waals surface area contributed by atoms with Crippen molar-refractivity contribution in [1.82, 2.24) is 5.32 Å². The smallest absolute Gasteiger partial charge is 0.241 e. The molecular formula is C20H24Cl2N2O4S. The van der Waals surface area contributed by atoms with Crippen LogP contribution in [0.5, 0.6) is 5.75 Å². The Hall–Kier alpha value is -1.96. The molecule has 2 aromatic carbocycles. The molecule has 0 spiro atoms. The zero-order valence-electron chi connectivity index (χ0n) is 16.7. The molecule has 2 rings (SSSR count). The highest BCUT2D eigenvalue weighted by molar-refractivity contribution is 7.92. The fraction of sp³-hybridized carbons (Fsp3) is 0.350. The van der Waals surface area contributed by atoms with E-state index in [0.717, 1.165) is 27.4 Å². The van der Waals surface area contributed by atoms with Crippen LogP contribution in [0, 0.1) is 6.92 Å². The molecule has 2 aromatic rings. The highest BCUT2D eigenvalue weighted by Crippen LogP contribution is 2.29. The zero-order valence-corrected chi connectivity index (χ0v) is 19.0. The summed E-state index contributed by atoms with van der Waals surface area (Å²) in [4.78, 5) is 12.7. The van der Waals surface area contributed by atoms with Crippen LogP contribution in [0.15, 0.2) is 36.4 Å². The maximum Gasteiger partial charge on any atom is 0.241 e. The second-order valence-corrected chi connectivity index (χ2v) is 9.35. The Bertz CT molecular complexity index is 996. The molecule has 0 saturated carbocycles. The van der Waals surface area contributed by atoms with Gasteiger partial charge in [0, 0.05) is 0 Å². The molecule has 1 atom stereocenters. The summed E-state index contributed by atoms with van der Waals surface area (Å²) in [6, 6.07) is 9.83. The van der Waals surface area contributed by atoms with E-state index < -0.39 is 15.9 Å². The number of sulfonamides is 1. The Morgan fingerprint density at radius 3 is 2.38 bits per heavy atom. The molecule has 0 heterocycles. The number of amides is 1. The summed E-state index contributed by atoms with van der Waals surface area (Å²) in [7, 11) is -2.11. The lowest BCUT2D eigenvalue weighted by Gasteiger charge is -2.24. The van der Waals surface area contributed by atoms with Gasteiger partial charge in [-0.3, -0.25) is 9.10 Å². The molecule has 158 valence electrons. The van der Waals surface area contributed by atoms with Gasteiger partial charge in [-0.05, 0) is 48.7 Å². The van der Waals surface area contributed by atoms with Crippen LogP contribution < -0.4 is 14.4 Å². The summed E-state index contributed by atoms with van der Waals surface area (Å²) in [6.07, 6.45) is 1.68. The van der Waals surface area contributed by atoms with E-state index in [-0.39, 0.29) is 23.3 Å². The third kappa shape index (κ3) is 6.01. The van der Waals surface area contributed by atoms with Gasteiger partial charge in [0.1, 0.15) is 12.3 Å². The van der Waals surface area contributed by atoms with E-state index in [1.54, 1.807) is 7.11 Å². The standard InChI is InChI=1S/C20H24Cl2N2O4S/c1-5-18(14-6-9-19(28-3)13(2)10-14)23-20(25)12-24(29(4,26)27)15-7-8-16(21)17(22)11-15/h6-11,18H,5,12H2,1-4H3,(H,23,25). The molecule has 1 unspecified atom stereocenters. The quantitative estimate of drug-likeness (QED) is 0.637. The number of hydrogen-bond acceptors (Lipinski definition) is 4. The molecule has 29 heavy (non-hydrogen) atoms. The number of carbonyl (C=O) groups is 1. The summed E-state index contributed by atoms with van der Waals surface area (Å²) in [5, 5.41) is 3.41. The van der Waals surface area contributed by atoms with Crippen molar-refractivity contribution in [3.63, 3.8) is 0 Å². The van der Waals surface area contributed by atoms with Crippen LogP contribution in [0.4, 0.5) is 5.69 Å². The Balaban J connectivity index is 2.22. The first kappa shape index (κ1) is 23.3. The Morgan fingerprint density at radius 2 is 1.86 bits per heavy atom. The predicted octanol–water partition coefficient (Wildman–Crippen LogP) is 4.34. The molecule has 0 radical (unpaired) electrons. The summed E-state index contributed by atoms with van der Waals surface area (Å²) >= 11 is 11.9. The van der Waals surface area contributed by atoms with Crippen LogP contribution in [0.2, 0.25) is 10.0 Å². The predicted molar refractivity (Wildman–Crippen MR) is 118 cm³/mol. The molecule has 0 aliphatic rings. The number of benzene rings is 2. The van der Waals surface area contributed by atoms with E-state index in [1.807, 2.05) is 32.0 Å². The number of nitrogens with one attached hydrogen (secondary N) is 1. The molecule has 1 amide bonds. The van der Waals surface area contributed by atoms with Crippen LogP contribution in [0.1, 0.15) is 30.5 Å². The largest absolute Gasteiger partial charge is 0.496 e. The molecule has 0 fully saturated rings. The molecule has 0 bridgehead atoms. The van der Waals surface area contributed by atoms with Crippen LogP contribution in [0.25, 0.3) is 0 Å². The van der Waals surface area contributed by atoms with Crippen LogP contribution in [-0.4, -0.2) is 34.2 Å². The second-order valence-electron chi connectivity index (χ2n) is 6.63. The Morgan fingerprint density at radius 1 is 1.17 bits per heavy atom. The molecule has 0 aliphatic carbocycles. The van der Waals surface area contributed by atoms with Gasteiger partial charge >= 0.3 is 0 Å². The van der Waals surface area contributed by atoms with Crippen molar-refractivity contribution in [2.24, 2.45) is 0 Å². The fourth-order valence-corrected chi connectivity index (χ4v) is 4.09. The van der Waals surface area contributed by atoms with Crippen molar-refractivity contribution in [1.29, 1.82) is 0 Å². The Kier molecular flexibility index (Phi) is 7.80. The lowest BCUT2D eigenvalue weighted by atomic mass is 10.0. The summed E-state index contributed by atoms with van der Waals surface area (Å²) < 4.78 is 30.8. The van der Waals surface area contributed by atoms with E-state index in [0.29, 0.717) is 11.4 Å². The molecule has 0 aromatic heterocycles. The fourth-order valence-electron chi connectivity index (χ4n) is 2.95. The Labute approximate surface area is 181 Å². The van der Waals surface area contributed by atoms with Gasteiger partial charge in [0.15, 0.2) is 0 Å². The minimum absolute atomic E-state index is 0.207. The number of rotatable bonds is 8. The van der Waals surface area contributed by atoms with E-state index in [9.17, 15) is 13.2 Å². The van der Waals surface area contributed by atoms with Crippen LogP contribution in [-0.2, 0) is 14.8 Å². The lowest BCUT2D eigenvalue weighted by Crippen LogP contribution is -2.41. The summed E-state index contributed by atoms with van der Waals surface area (Å²) in [6.45, 7) is 3.49. The molecule has 1 N–H and O–H groups in total. The van der Waals surface area contributed by atoms with Crippen LogP contribution in [0.3, 0.4) is 0 Å². The molecule has 0 aliphatic heterocycles. The van der Waals surface area contributed by atoms with Gasteiger partial charge in [-0.2, -0.15) is 0 Å². The minimum Gasteiger partial charge on any atom is -0.496 e. The SMILES string of the molecule is CCC(NC(=O)CN(c1ccc(Cl)c(Cl)c1)S(C)(=O)=O)c1ccc(OC)c(C)c1. The van der Waals surface area contributed by atoms with E-state index >= 15 is 0 Å². The van der Waals surface area contributed by atoms with Gasteiger partial charge in [0.05, 0.1) is 35.1 Å². The number of methoxy groups -OCH3 is 1. The van der Waals surface area contributed by atoms with Gasteiger partial charge < -0.3 is 10.1 Å². The van der Waals surface area contributed by atoms with Gasteiger partial charge in [-0.25, -0.2) is 8.42 Å². The first-order chi connectivity index (χ1) is 13.6. The van der Waals surface area contributed by atoms with Crippen molar-refractivity contribution in [2.45, 2.75) is 26.3 Å². The second kappa shape index (κ2) is 9.69. The number of nitrogens with zero attached hydrogens (tertiary/aromatic N) is 1. The monoisotopic (exact) mass is 458 g/mol. The van der Waals surface area contributed by atoms with Crippen molar-refractivity contribution < 1.29 is 17.9 Å². The van der Waals surface area contributed by atoms with E-state index in [2.05, 4.69) is 5.32 Å². The third-order valence-corrected chi connectivity index (χ3v) is 6.32. The average Bonchev–Trinajstić information content (AvgIpc) is 2.65. The highest BCUT2D eigenvalue weighted by atomic mass is 35.5. The topological polar surface area (TPSA) is 75.7 Å². The van der Waals surface area contributed by atoms with Gasteiger partial charge in [-0.15, -0.1) is 0 Å². The summed E-state index contributed by atoms with van der Waals surface area (Å²) in [5.41, 5.74) is 2.14. The van der Waals surface area contributed by atoms with Crippen molar-refractivity contribution in [3.8, 4) is 5.75 Å². The highest BCUT2D eigenvalue weighted by Gasteiger charge is 2.23. The normalized spacial score (nSPS) is 12.3. The van der Waals surface area contributed by atoms with E-state index in [1.165, 1.54) is 18.2 Å². The number of anilines is 1. The molecule has 0 saturated heterocycles. The molecular weight excluding hydrogens is 435 g/mol. The first-order valence-electron chi connectivity index (χ1n) is 8.93. The van der Waals surface area contributed by atoms with Gasteiger partial charge in [0.25, 0.3) is 0 Å². The maximum absolute atomic E-state index is 12.7. The number of hydrogen-bond donors (Lipinski definition) is 1. The lowest BCUT2D eigenvalue weighted by molar-refractivity contribution is -0.120. The molecule has 9 heteroatoms. The van der Waals surface area contributed by atoms with Crippen LogP contribution >= 0.6 is 23.2 Å². The third-order valence-electron chi connectivity index (χ3n) is 4.44. The minimum atomic E-state index is -3.71. The van der Waals surface area contributed by atoms with Crippen molar-refractivity contribution in [2.75, 3.05) is 24.2 Å². The average molecular weight is 459 g/mol. The zero-order chi connectivity index (χ0) is 21.8. The van der Waals surface area contributed by atoms with Gasteiger partial charge in [0.2, 0.25) is 15.9 Å². The van der Waals surface area contributed by atoms with E-state index in [4.69, 9.17) is 27.9 Å². The van der Waals surface area contributed by atoms with Gasteiger partial charge in [-0.1, -0.05) is 42.3 Å². The molecule has 6 nitrogen and oxygen atoms in total. The summed E-state index contributed by atoms with van der Waals surface area (Å²) in [5.74, 6) is 0.333.